The lowest BCUT2D eigenvalue weighted by molar-refractivity contribution is 0.0895. The van der Waals surface area contributed by atoms with Gasteiger partial charge in [-0.1, -0.05) is 32.1 Å². The molecule has 3 heteroatoms. The summed E-state index contributed by atoms with van der Waals surface area (Å²) in [4.78, 5) is 12.8. The molecule has 1 aliphatic carbocycles. The van der Waals surface area contributed by atoms with Crippen LogP contribution in [0.1, 0.15) is 55.3 Å². The SMILES string of the molecule is COc1ccc(OC)c(C(=O)C2CCCCCCC2)c1. The van der Waals surface area contributed by atoms with Crippen LogP contribution < -0.4 is 9.47 Å². The standard InChI is InChI=1S/C17H24O3/c1-19-14-10-11-16(20-2)15(12-14)17(18)13-8-6-4-3-5-7-9-13/h10-13H,3-9H2,1-2H3. The third-order valence-corrected chi connectivity index (χ3v) is 4.15. The summed E-state index contributed by atoms with van der Waals surface area (Å²) in [6.45, 7) is 0. The quantitative estimate of drug-likeness (QED) is 0.771. The first-order valence-electron chi connectivity index (χ1n) is 7.52. The fourth-order valence-corrected chi connectivity index (χ4v) is 2.94. The highest BCUT2D eigenvalue weighted by atomic mass is 16.5. The highest BCUT2D eigenvalue weighted by Gasteiger charge is 2.23. The highest BCUT2D eigenvalue weighted by molar-refractivity contribution is 6.00. The van der Waals surface area contributed by atoms with Gasteiger partial charge in [0.2, 0.25) is 0 Å². The Kier molecular flexibility index (Phi) is 5.45. The number of Topliss-reactive ketones (excluding diaryl/α,β-unsaturated/α-hetero) is 1. The fourth-order valence-electron chi connectivity index (χ4n) is 2.94. The first-order valence-corrected chi connectivity index (χ1v) is 7.52. The van der Waals surface area contributed by atoms with Crippen LogP contribution in [0.5, 0.6) is 11.5 Å². The van der Waals surface area contributed by atoms with E-state index in [2.05, 4.69) is 0 Å². The van der Waals surface area contributed by atoms with Crippen molar-refractivity contribution < 1.29 is 14.3 Å². The molecule has 0 amide bonds. The Hall–Kier alpha value is -1.51. The third-order valence-electron chi connectivity index (χ3n) is 4.15. The molecule has 0 aromatic heterocycles. The van der Waals surface area contributed by atoms with Crippen molar-refractivity contribution in [2.75, 3.05) is 14.2 Å². The molecule has 0 heterocycles. The molecule has 2 rings (SSSR count). The number of carbonyl (C=O) groups is 1. The van der Waals surface area contributed by atoms with Crippen LogP contribution in [-0.2, 0) is 0 Å². The van der Waals surface area contributed by atoms with E-state index < -0.39 is 0 Å². The van der Waals surface area contributed by atoms with Crippen molar-refractivity contribution in [1.82, 2.24) is 0 Å². The van der Waals surface area contributed by atoms with Crippen molar-refractivity contribution in [2.45, 2.75) is 44.9 Å². The zero-order chi connectivity index (χ0) is 14.4. The maximum atomic E-state index is 12.8. The van der Waals surface area contributed by atoms with Crippen molar-refractivity contribution in [3.05, 3.63) is 23.8 Å². The van der Waals surface area contributed by atoms with Gasteiger partial charge in [-0.05, 0) is 31.0 Å². The summed E-state index contributed by atoms with van der Waals surface area (Å²) in [5.74, 6) is 1.71. The molecule has 0 spiro atoms. The smallest absolute Gasteiger partial charge is 0.169 e. The molecular formula is C17H24O3. The highest BCUT2D eigenvalue weighted by Crippen LogP contribution is 2.31. The van der Waals surface area contributed by atoms with Gasteiger partial charge in [0.15, 0.2) is 5.78 Å². The molecule has 0 aliphatic heterocycles. The van der Waals surface area contributed by atoms with E-state index in [-0.39, 0.29) is 11.7 Å². The summed E-state index contributed by atoms with van der Waals surface area (Å²) in [5, 5.41) is 0. The van der Waals surface area contributed by atoms with Gasteiger partial charge in [-0.25, -0.2) is 0 Å². The summed E-state index contributed by atoms with van der Waals surface area (Å²) >= 11 is 0. The van der Waals surface area contributed by atoms with Crippen LogP contribution in [0.3, 0.4) is 0 Å². The van der Waals surface area contributed by atoms with Crippen LogP contribution in [0.2, 0.25) is 0 Å². The van der Waals surface area contributed by atoms with E-state index >= 15 is 0 Å². The molecular weight excluding hydrogens is 252 g/mol. The Labute approximate surface area is 121 Å². The molecule has 1 fully saturated rings. The average molecular weight is 276 g/mol. The van der Waals surface area contributed by atoms with E-state index in [0.29, 0.717) is 17.1 Å². The number of rotatable bonds is 4. The van der Waals surface area contributed by atoms with E-state index in [0.717, 1.165) is 25.7 Å². The molecule has 1 aromatic carbocycles. The molecule has 0 saturated heterocycles. The molecule has 20 heavy (non-hydrogen) atoms. The molecule has 0 N–H and O–H groups in total. The molecule has 0 radical (unpaired) electrons. The number of hydrogen-bond donors (Lipinski definition) is 0. The Balaban J connectivity index is 2.21. The number of ether oxygens (including phenoxy) is 2. The zero-order valence-electron chi connectivity index (χ0n) is 12.5. The van der Waals surface area contributed by atoms with Crippen LogP contribution in [-0.4, -0.2) is 20.0 Å². The predicted molar refractivity (Wildman–Crippen MR) is 79.7 cm³/mol. The normalized spacial score (nSPS) is 17.1. The van der Waals surface area contributed by atoms with Crippen molar-refractivity contribution >= 4 is 5.78 Å². The lowest BCUT2D eigenvalue weighted by Crippen LogP contribution is -2.17. The number of ketones is 1. The second kappa shape index (κ2) is 7.32. The molecule has 0 atom stereocenters. The molecule has 1 aromatic rings. The Bertz CT molecular complexity index is 446. The molecule has 1 aliphatic rings. The monoisotopic (exact) mass is 276 g/mol. The van der Waals surface area contributed by atoms with E-state index in [9.17, 15) is 4.79 Å². The minimum absolute atomic E-state index is 0.135. The van der Waals surface area contributed by atoms with E-state index in [1.807, 2.05) is 12.1 Å². The first kappa shape index (κ1) is 14.9. The number of carbonyl (C=O) groups excluding carboxylic acids is 1. The molecule has 0 unspecified atom stereocenters. The summed E-state index contributed by atoms with van der Waals surface area (Å²) in [6.07, 6.45) is 8.12. The van der Waals surface area contributed by atoms with Gasteiger partial charge in [0, 0.05) is 5.92 Å². The number of benzene rings is 1. The van der Waals surface area contributed by atoms with Crippen LogP contribution >= 0.6 is 0 Å². The summed E-state index contributed by atoms with van der Waals surface area (Å²) in [7, 11) is 3.22. The second-order valence-corrected chi connectivity index (χ2v) is 5.47. The summed E-state index contributed by atoms with van der Waals surface area (Å²) < 4.78 is 10.6. The van der Waals surface area contributed by atoms with Crippen LogP contribution in [0.4, 0.5) is 0 Å². The molecule has 1 saturated carbocycles. The van der Waals surface area contributed by atoms with Crippen molar-refractivity contribution in [2.24, 2.45) is 5.92 Å². The summed E-state index contributed by atoms with van der Waals surface area (Å²) in [5.41, 5.74) is 0.664. The Morgan fingerprint density at radius 1 is 1.00 bits per heavy atom. The topological polar surface area (TPSA) is 35.5 Å². The molecule has 110 valence electrons. The van der Waals surface area contributed by atoms with Crippen LogP contribution in [0.25, 0.3) is 0 Å². The van der Waals surface area contributed by atoms with Crippen LogP contribution in [0, 0.1) is 5.92 Å². The third kappa shape index (κ3) is 3.53. The largest absolute Gasteiger partial charge is 0.497 e. The van der Waals surface area contributed by atoms with Gasteiger partial charge < -0.3 is 9.47 Å². The van der Waals surface area contributed by atoms with Gasteiger partial charge in [-0.15, -0.1) is 0 Å². The van der Waals surface area contributed by atoms with Crippen molar-refractivity contribution in [1.29, 1.82) is 0 Å². The number of hydrogen-bond acceptors (Lipinski definition) is 3. The number of methoxy groups -OCH3 is 2. The fraction of sp³-hybridized carbons (Fsp3) is 0.588. The van der Waals surface area contributed by atoms with Gasteiger partial charge in [0.05, 0.1) is 19.8 Å². The Morgan fingerprint density at radius 2 is 1.65 bits per heavy atom. The van der Waals surface area contributed by atoms with Gasteiger partial charge in [-0.3, -0.25) is 4.79 Å². The lowest BCUT2D eigenvalue weighted by Gasteiger charge is -2.20. The van der Waals surface area contributed by atoms with E-state index in [1.54, 1.807) is 20.3 Å². The van der Waals surface area contributed by atoms with E-state index in [4.69, 9.17) is 9.47 Å². The average Bonchev–Trinajstić information content (AvgIpc) is 2.45. The van der Waals surface area contributed by atoms with Crippen molar-refractivity contribution in [3.63, 3.8) is 0 Å². The summed E-state index contributed by atoms with van der Waals surface area (Å²) in [6, 6.07) is 5.45. The minimum Gasteiger partial charge on any atom is -0.497 e. The zero-order valence-corrected chi connectivity index (χ0v) is 12.5. The minimum atomic E-state index is 0.135. The van der Waals surface area contributed by atoms with E-state index in [1.165, 1.54) is 19.3 Å². The Morgan fingerprint density at radius 3 is 2.25 bits per heavy atom. The van der Waals surface area contributed by atoms with Gasteiger partial charge in [-0.2, -0.15) is 0 Å². The van der Waals surface area contributed by atoms with Gasteiger partial charge in [0.1, 0.15) is 11.5 Å². The van der Waals surface area contributed by atoms with Gasteiger partial charge >= 0.3 is 0 Å². The van der Waals surface area contributed by atoms with Crippen LogP contribution in [0.15, 0.2) is 18.2 Å². The van der Waals surface area contributed by atoms with Gasteiger partial charge in [0.25, 0.3) is 0 Å². The second-order valence-electron chi connectivity index (χ2n) is 5.47. The predicted octanol–water partition coefficient (Wildman–Crippen LogP) is 4.25. The lowest BCUT2D eigenvalue weighted by atomic mass is 9.85. The first-order chi connectivity index (χ1) is 9.76. The molecule has 3 nitrogen and oxygen atoms in total. The van der Waals surface area contributed by atoms with Crippen molar-refractivity contribution in [3.8, 4) is 11.5 Å². The maximum Gasteiger partial charge on any atom is 0.169 e. The maximum absolute atomic E-state index is 12.8. The molecule has 0 bridgehead atoms.